The fraction of sp³-hybridized carbons (Fsp3) is 0.357. The molecule has 1 aliphatic rings. The van der Waals surface area contributed by atoms with Crippen LogP contribution in [0.2, 0.25) is 0 Å². The molecule has 3 heterocycles. The van der Waals surface area contributed by atoms with Crippen LogP contribution in [0, 0.1) is 6.92 Å². The number of aromatic nitrogens is 2. The third-order valence-electron chi connectivity index (χ3n) is 3.24. The van der Waals surface area contributed by atoms with Gasteiger partial charge < -0.3 is 4.90 Å². The fourth-order valence-electron chi connectivity index (χ4n) is 2.11. The summed E-state index contributed by atoms with van der Waals surface area (Å²) in [6, 6.07) is 3.56. The molecule has 22 heavy (non-hydrogen) atoms. The smallest absolute Gasteiger partial charge is 0.284 e. The maximum absolute atomic E-state index is 11.1. The molecule has 2 aromatic rings. The van der Waals surface area contributed by atoms with Crippen LogP contribution in [0.15, 0.2) is 12.1 Å². The van der Waals surface area contributed by atoms with Gasteiger partial charge in [0.05, 0.1) is 4.88 Å². The predicted molar refractivity (Wildman–Crippen MR) is 82.3 cm³/mol. The van der Waals surface area contributed by atoms with Crippen molar-refractivity contribution in [3.05, 3.63) is 38.8 Å². The first-order valence-corrected chi connectivity index (χ1v) is 7.57. The zero-order valence-electron chi connectivity index (χ0n) is 12.4. The summed E-state index contributed by atoms with van der Waals surface area (Å²) < 4.78 is 0. The van der Waals surface area contributed by atoms with Gasteiger partial charge in [-0.25, -0.2) is 5.48 Å². The molecule has 2 aromatic heterocycles. The number of aromatic amines is 1. The topological polar surface area (TPSA) is 98.3 Å². The van der Waals surface area contributed by atoms with E-state index in [2.05, 4.69) is 22.1 Å². The van der Waals surface area contributed by atoms with E-state index in [9.17, 15) is 9.59 Å². The number of nitrogens with one attached hydrogen (secondary N) is 2. The third-order valence-corrected chi connectivity index (χ3v) is 4.41. The Bertz CT molecular complexity index is 665. The maximum Gasteiger partial charge on any atom is 0.284 e. The molecule has 0 atom stereocenters. The van der Waals surface area contributed by atoms with Crippen molar-refractivity contribution >= 4 is 23.5 Å². The van der Waals surface area contributed by atoms with Crippen LogP contribution < -0.4 is 5.48 Å². The molecule has 1 amide bonds. The zero-order chi connectivity index (χ0) is 16.1. The van der Waals surface area contributed by atoms with Crippen molar-refractivity contribution in [2.45, 2.75) is 19.9 Å². The van der Waals surface area contributed by atoms with Gasteiger partial charge in [-0.05, 0) is 38.1 Å². The Morgan fingerprint density at radius 3 is 2.86 bits per heavy atom. The predicted octanol–water partition coefficient (Wildman–Crippen LogP) is 1.39. The number of nitrogens with zero attached hydrogens (tertiary/aromatic N) is 2. The van der Waals surface area contributed by atoms with Crippen molar-refractivity contribution in [2.24, 2.45) is 0 Å². The van der Waals surface area contributed by atoms with Crippen LogP contribution in [-0.2, 0) is 13.0 Å². The highest BCUT2D eigenvalue weighted by Crippen LogP contribution is 2.27. The average Bonchev–Trinajstić information content (AvgIpc) is 3.12. The minimum absolute atomic E-state index is 0.410. The largest absolute Gasteiger partial charge is 0.301 e. The van der Waals surface area contributed by atoms with Gasteiger partial charge in [0.25, 0.3) is 5.91 Å². The molecule has 0 unspecified atom stereocenters. The highest BCUT2D eigenvalue weighted by molar-refractivity contribution is 7.14. The number of carbonyl (C=O) groups is 2. The summed E-state index contributed by atoms with van der Waals surface area (Å²) in [7, 11) is 2.06. The zero-order valence-corrected chi connectivity index (χ0v) is 13.2. The summed E-state index contributed by atoms with van der Waals surface area (Å²) in [5.74, 6) is -0.410. The summed E-state index contributed by atoms with van der Waals surface area (Å²) in [5.41, 5.74) is 4.27. The Morgan fingerprint density at radius 1 is 1.55 bits per heavy atom. The second-order valence-electron chi connectivity index (χ2n) is 5.08. The number of likely N-dealkylation sites (N-methyl/N-ethyl adjacent to an activating group) is 1. The van der Waals surface area contributed by atoms with Crippen molar-refractivity contribution in [2.75, 3.05) is 13.6 Å². The summed E-state index contributed by atoms with van der Waals surface area (Å²) in [5, 5.41) is 14.8. The van der Waals surface area contributed by atoms with Gasteiger partial charge >= 0.3 is 0 Å². The summed E-state index contributed by atoms with van der Waals surface area (Å²) in [4.78, 5) is 25.1. The van der Waals surface area contributed by atoms with Crippen LogP contribution in [0.5, 0.6) is 0 Å². The van der Waals surface area contributed by atoms with Crippen LogP contribution in [0.3, 0.4) is 0 Å². The number of H-pyrrole nitrogens is 1. The lowest BCUT2D eigenvalue weighted by atomic mass is 10.1. The van der Waals surface area contributed by atoms with Crippen molar-refractivity contribution in [3.8, 4) is 0 Å². The van der Waals surface area contributed by atoms with Gasteiger partial charge in [-0.15, -0.1) is 11.3 Å². The molecule has 0 bridgehead atoms. The van der Waals surface area contributed by atoms with Crippen LogP contribution in [0.25, 0.3) is 0 Å². The number of hydrogen-bond donors (Lipinski definition) is 3. The van der Waals surface area contributed by atoms with Crippen molar-refractivity contribution in [3.63, 3.8) is 0 Å². The molecule has 3 N–H and O–H groups in total. The highest BCUT2D eigenvalue weighted by Gasteiger charge is 2.18. The number of hydrogen-bond acceptors (Lipinski definition) is 6. The molecule has 3 rings (SSSR count). The van der Waals surface area contributed by atoms with Crippen LogP contribution in [-0.4, -0.2) is 46.1 Å². The van der Waals surface area contributed by atoms with Gasteiger partial charge in [-0.2, -0.15) is 5.10 Å². The maximum atomic E-state index is 11.1. The van der Waals surface area contributed by atoms with Crippen LogP contribution in [0.4, 0.5) is 0 Å². The van der Waals surface area contributed by atoms with Gasteiger partial charge in [-0.1, -0.05) is 0 Å². The average molecular weight is 322 g/mol. The minimum atomic E-state index is -0.410. The number of amides is 1. The van der Waals surface area contributed by atoms with E-state index in [0.29, 0.717) is 16.9 Å². The quantitative estimate of drug-likeness (QED) is 0.441. The van der Waals surface area contributed by atoms with Crippen LogP contribution >= 0.6 is 11.3 Å². The van der Waals surface area contributed by atoms with Gasteiger partial charge in [-0.3, -0.25) is 19.9 Å². The first-order valence-electron chi connectivity index (χ1n) is 6.75. The molecule has 0 radical (unpaired) electrons. The number of carbonyl (C=O) groups excluding carboxylic acids is 2. The molecule has 8 heteroatoms. The number of aryl methyl sites for hydroxylation is 1. The molecule has 0 aliphatic carbocycles. The van der Waals surface area contributed by atoms with E-state index < -0.39 is 5.91 Å². The van der Waals surface area contributed by atoms with Gasteiger partial charge in [0.1, 0.15) is 5.69 Å². The molecule has 0 aromatic carbocycles. The number of aldehydes is 1. The third kappa shape index (κ3) is 4.00. The van der Waals surface area contributed by atoms with Crippen molar-refractivity contribution in [1.29, 1.82) is 0 Å². The number of rotatable bonds is 2. The summed E-state index contributed by atoms with van der Waals surface area (Å²) in [6.07, 6.45) is 1.70. The Labute approximate surface area is 131 Å². The normalized spacial score (nSPS) is 13.8. The Balaban J connectivity index is 0.000000188. The van der Waals surface area contributed by atoms with E-state index in [-0.39, 0.29) is 0 Å². The second kappa shape index (κ2) is 7.30. The molecule has 0 saturated carbocycles. The number of hydroxylamine groups is 1. The Hall–Kier alpha value is -2.03. The lowest BCUT2D eigenvalue weighted by Gasteiger charge is -2.21. The Morgan fingerprint density at radius 2 is 2.32 bits per heavy atom. The second-order valence-corrected chi connectivity index (χ2v) is 6.22. The highest BCUT2D eigenvalue weighted by atomic mass is 32.1. The Kier molecular flexibility index (Phi) is 5.42. The lowest BCUT2D eigenvalue weighted by Crippen LogP contribution is -2.24. The molecule has 7 nitrogen and oxygen atoms in total. The van der Waals surface area contributed by atoms with Crippen LogP contribution in [0.1, 0.15) is 36.3 Å². The molecule has 1 aliphatic heterocycles. The molecular weight excluding hydrogens is 304 g/mol. The van der Waals surface area contributed by atoms with E-state index in [0.717, 1.165) is 25.2 Å². The van der Waals surface area contributed by atoms with E-state index in [4.69, 9.17) is 5.21 Å². The van der Waals surface area contributed by atoms with Gasteiger partial charge in [0.2, 0.25) is 0 Å². The number of thiophene rings is 1. The molecule has 0 fully saturated rings. The molecule has 118 valence electrons. The van der Waals surface area contributed by atoms with Crippen molar-refractivity contribution < 1.29 is 14.8 Å². The monoisotopic (exact) mass is 322 g/mol. The minimum Gasteiger partial charge on any atom is -0.301 e. The van der Waals surface area contributed by atoms with Gasteiger partial charge in [0, 0.05) is 23.7 Å². The standard InChI is InChI=1S/C9H12N2O2S.C5H6N2O/c1-11-3-2-6-4-7(9(12)10-13)14-8(6)5-11;1-4-2-5(3-8)7-6-4/h4,13H,2-3,5H2,1H3,(H,10,12);2-3H,1H3,(H,6,7). The van der Waals surface area contributed by atoms with Crippen molar-refractivity contribution in [1.82, 2.24) is 20.6 Å². The van der Waals surface area contributed by atoms with E-state index >= 15 is 0 Å². The summed E-state index contributed by atoms with van der Waals surface area (Å²) >= 11 is 1.46. The summed E-state index contributed by atoms with van der Waals surface area (Å²) in [6.45, 7) is 3.78. The molecule has 0 saturated heterocycles. The lowest BCUT2D eigenvalue weighted by molar-refractivity contribution is 0.0711. The van der Waals surface area contributed by atoms with Gasteiger partial charge in [0.15, 0.2) is 6.29 Å². The molecular formula is C14H18N4O3S. The van der Waals surface area contributed by atoms with E-state index in [1.807, 2.05) is 13.0 Å². The van der Waals surface area contributed by atoms with E-state index in [1.54, 1.807) is 11.5 Å². The number of fused-ring (bicyclic) bond motifs is 1. The first kappa shape index (κ1) is 16.3. The molecule has 0 spiro atoms. The SMILES string of the molecule is CN1CCc2cc(C(=O)NO)sc2C1.Cc1cc(C=O)n[nH]1. The fourth-order valence-corrected chi connectivity index (χ4v) is 3.30. The first-order chi connectivity index (χ1) is 10.5. The van der Waals surface area contributed by atoms with E-state index in [1.165, 1.54) is 21.8 Å².